The van der Waals surface area contributed by atoms with Gasteiger partial charge in [-0.05, 0) is 98.1 Å². The number of hydrogen-bond donors (Lipinski definition) is 2. The first-order chi connectivity index (χ1) is 18.5. The van der Waals surface area contributed by atoms with Crippen molar-refractivity contribution in [2.75, 3.05) is 27.6 Å². The monoisotopic (exact) mass is 581 g/mol. The summed E-state index contributed by atoms with van der Waals surface area (Å²) in [4.78, 5) is 13.9. The second kappa shape index (κ2) is 11.5. The molecule has 4 rings (SSSR count). The van der Waals surface area contributed by atoms with Crippen LogP contribution in [-0.2, 0) is 20.0 Å². The molecule has 0 radical (unpaired) electrons. The molecular weight excluding hydrogens is 555 g/mol. The number of hydrogen-bond acceptors (Lipinski definition) is 6. The predicted molar refractivity (Wildman–Crippen MR) is 157 cm³/mol. The number of amides is 1. The fourth-order valence-electron chi connectivity index (χ4n) is 3.62. The maximum Gasteiger partial charge on any atom is 0.264 e. The molecule has 0 saturated heterocycles. The van der Waals surface area contributed by atoms with Gasteiger partial charge in [-0.3, -0.25) is 13.8 Å². The van der Waals surface area contributed by atoms with Crippen LogP contribution in [0.1, 0.15) is 15.9 Å². The topological polar surface area (TPSA) is 113 Å². The third-order valence-corrected chi connectivity index (χ3v) is 9.88. The third-order valence-electron chi connectivity index (χ3n) is 5.94. The number of aryl methyl sites for hydroxylation is 1. The lowest BCUT2D eigenvalue weighted by molar-refractivity contribution is 0.102. The molecule has 2 N–H and O–H groups in total. The van der Waals surface area contributed by atoms with Crippen molar-refractivity contribution in [2.24, 2.45) is 0 Å². The Morgan fingerprint density at radius 3 is 1.82 bits per heavy atom. The molecule has 0 atom stereocenters. The second-order valence-corrected chi connectivity index (χ2v) is 13.2. The molecule has 202 valence electrons. The van der Waals surface area contributed by atoms with Gasteiger partial charge in [0.25, 0.3) is 26.0 Å². The first-order valence-corrected chi connectivity index (χ1v) is 15.9. The maximum atomic E-state index is 13.0. The normalized spacial score (nSPS) is 11.6. The van der Waals surface area contributed by atoms with E-state index in [9.17, 15) is 21.6 Å². The summed E-state index contributed by atoms with van der Waals surface area (Å²) in [6.07, 6.45) is 1.91. The standard InChI is InChI=1S/C28H27N3O5S3/c1-20-4-8-23(9-5-20)30-38(33,34)26-16-10-22(11-17-26)29-28(32)21-6-12-24(13-7-21)31(2)39(35,36)27-18-14-25(37-3)15-19-27/h4-19,30H,1-3H3,(H,29,32). The van der Waals surface area contributed by atoms with E-state index in [0.717, 1.165) is 14.8 Å². The molecule has 4 aromatic rings. The van der Waals surface area contributed by atoms with Gasteiger partial charge >= 0.3 is 0 Å². The van der Waals surface area contributed by atoms with Gasteiger partial charge in [-0.2, -0.15) is 0 Å². The van der Waals surface area contributed by atoms with Crippen LogP contribution in [0.5, 0.6) is 0 Å². The average molecular weight is 582 g/mol. The van der Waals surface area contributed by atoms with Crippen molar-refractivity contribution in [3.8, 4) is 0 Å². The number of nitrogens with one attached hydrogen (secondary N) is 2. The Morgan fingerprint density at radius 1 is 0.718 bits per heavy atom. The van der Waals surface area contributed by atoms with Crippen LogP contribution in [0.2, 0.25) is 0 Å². The highest BCUT2D eigenvalue weighted by molar-refractivity contribution is 7.98. The Morgan fingerprint density at radius 2 is 1.26 bits per heavy atom. The van der Waals surface area contributed by atoms with Crippen LogP contribution in [0.4, 0.5) is 17.1 Å². The van der Waals surface area contributed by atoms with Crippen molar-refractivity contribution in [3.63, 3.8) is 0 Å². The van der Waals surface area contributed by atoms with E-state index >= 15 is 0 Å². The van der Waals surface area contributed by atoms with Crippen molar-refractivity contribution in [3.05, 3.63) is 108 Å². The van der Waals surface area contributed by atoms with E-state index < -0.39 is 26.0 Å². The molecule has 39 heavy (non-hydrogen) atoms. The maximum absolute atomic E-state index is 13.0. The number of anilines is 3. The smallest absolute Gasteiger partial charge is 0.264 e. The van der Waals surface area contributed by atoms with E-state index in [1.807, 2.05) is 25.3 Å². The lowest BCUT2D eigenvalue weighted by atomic mass is 10.2. The molecule has 1 amide bonds. The fraction of sp³-hybridized carbons (Fsp3) is 0.107. The predicted octanol–water partition coefficient (Wildman–Crippen LogP) is 5.60. The Hall–Kier alpha value is -3.80. The van der Waals surface area contributed by atoms with E-state index in [1.54, 1.807) is 48.5 Å². The van der Waals surface area contributed by atoms with Gasteiger partial charge in [0.05, 0.1) is 15.5 Å². The number of nitrogens with zero attached hydrogens (tertiary/aromatic N) is 1. The van der Waals surface area contributed by atoms with E-state index in [2.05, 4.69) is 10.0 Å². The Labute approximate surface area is 233 Å². The lowest BCUT2D eigenvalue weighted by Gasteiger charge is -2.20. The lowest BCUT2D eigenvalue weighted by Crippen LogP contribution is -2.26. The highest BCUT2D eigenvalue weighted by atomic mass is 32.2. The molecular formula is C28H27N3O5S3. The van der Waals surface area contributed by atoms with Crippen LogP contribution >= 0.6 is 11.8 Å². The van der Waals surface area contributed by atoms with Gasteiger partial charge in [-0.15, -0.1) is 11.8 Å². The zero-order valence-electron chi connectivity index (χ0n) is 21.5. The van der Waals surface area contributed by atoms with E-state index in [0.29, 0.717) is 22.6 Å². The van der Waals surface area contributed by atoms with Crippen molar-refractivity contribution in [1.29, 1.82) is 0 Å². The molecule has 0 aromatic heterocycles. The average Bonchev–Trinajstić information content (AvgIpc) is 2.94. The van der Waals surface area contributed by atoms with Gasteiger partial charge in [0, 0.05) is 28.9 Å². The van der Waals surface area contributed by atoms with Crippen LogP contribution in [-0.4, -0.2) is 36.0 Å². The van der Waals surface area contributed by atoms with Crippen LogP contribution in [0, 0.1) is 6.92 Å². The zero-order valence-corrected chi connectivity index (χ0v) is 23.9. The molecule has 0 aliphatic rings. The highest BCUT2D eigenvalue weighted by Crippen LogP contribution is 2.25. The SMILES string of the molecule is CSc1ccc(S(=O)(=O)N(C)c2ccc(C(=O)Nc3ccc(S(=O)(=O)Nc4ccc(C)cc4)cc3)cc2)cc1. The highest BCUT2D eigenvalue weighted by Gasteiger charge is 2.21. The van der Waals surface area contributed by atoms with Gasteiger partial charge in [-0.1, -0.05) is 17.7 Å². The summed E-state index contributed by atoms with van der Waals surface area (Å²) >= 11 is 1.52. The summed E-state index contributed by atoms with van der Waals surface area (Å²) in [6, 6.07) is 25.6. The minimum absolute atomic E-state index is 0.0535. The van der Waals surface area contributed by atoms with Crippen molar-refractivity contribution >= 4 is 54.8 Å². The van der Waals surface area contributed by atoms with Gasteiger partial charge < -0.3 is 5.32 Å². The zero-order chi connectivity index (χ0) is 28.2. The molecule has 0 heterocycles. The Bertz CT molecular complexity index is 1670. The number of thioether (sulfide) groups is 1. The minimum atomic E-state index is -3.79. The Kier molecular flexibility index (Phi) is 8.34. The fourth-order valence-corrected chi connectivity index (χ4v) is 6.29. The minimum Gasteiger partial charge on any atom is -0.322 e. The first-order valence-electron chi connectivity index (χ1n) is 11.7. The van der Waals surface area contributed by atoms with Crippen molar-refractivity contribution < 1.29 is 21.6 Å². The summed E-state index contributed by atoms with van der Waals surface area (Å²) in [5.41, 5.74) is 2.59. The summed E-state index contributed by atoms with van der Waals surface area (Å²) in [5.74, 6) is -0.423. The molecule has 0 aliphatic carbocycles. The first kappa shape index (κ1) is 28.2. The third kappa shape index (κ3) is 6.62. The van der Waals surface area contributed by atoms with Gasteiger partial charge in [0.2, 0.25) is 0 Å². The summed E-state index contributed by atoms with van der Waals surface area (Å²) in [6.45, 7) is 1.91. The molecule has 0 aliphatic heterocycles. The van der Waals surface area contributed by atoms with E-state index in [1.165, 1.54) is 55.2 Å². The Balaban J connectivity index is 1.42. The van der Waals surface area contributed by atoms with Crippen molar-refractivity contribution in [2.45, 2.75) is 21.6 Å². The number of carbonyl (C=O) groups is 1. The quantitative estimate of drug-likeness (QED) is 0.249. The molecule has 4 aromatic carbocycles. The molecule has 0 bridgehead atoms. The number of rotatable bonds is 9. The summed E-state index contributed by atoms with van der Waals surface area (Å²) in [5, 5.41) is 2.72. The molecule has 0 saturated carbocycles. The van der Waals surface area contributed by atoms with Crippen LogP contribution in [0.3, 0.4) is 0 Å². The van der Waals surface area contributed by atoms with Crippen LogP contribution < -0.4 is 14.3 Å². The van der Waals surface area contributed by atoms with Crippen LogP contribution in [0.15, 0.2) is 112 Å². The number of sulfonamides is 2. The molecule has 0 spiro atoms. The molecule has 0 unspecified atom stereocenters. The van der Waals surface area contributed by atoms with Crippen LogP contribution in [0.25, 0.3) is 0 Å². The van der Waals surface area contributed by atoms with E-state index in [4.69, 9.17) is 0 Å². The second-order valence-electron chi connectivity index (χ2n) is 8.64. The molecule has 0 fully saturated rings. The largest absolute Gasteiger partial charge is 0.322 e. The van der Waals surface area contributed by atoms with E-state index in [-0.39, 0.29) is 9.79 Å². The van der Waals surface area contributed by atoms with Gasteiger partial charge in [0.1, 0.15) is 0 Å². The number of carbonyl (C=O) groups excluding carboxylic acids is 1. The van der Waals surface area contributed by atoms with Crippen molar-refractivity contribution in [1.82, 2.24) is 0 Å². The van der Waals surface area contributed by atoms with Gasteiger partial charge in [-0.25, -0.2) is 16.8 Å². The summed E-state index contributed by atoms with van der Waals surface area (Å²) < 4.78 is 55.0. The van der Waals surface area contributed by atoms with Gasteiger partial charge in [0.15, 0.2) is 0 Å². The number of benzene rings is 4. The molecule has 11 heteroatoms. The summed E-state index contributed by atoms with van der Waals surface area (Å²) in [7, 11) is -6.10. The molecule has 8 nitrogen and oxygen atoms in total.